The van der Waals surface area contributed by atoms with E-state index in [0.29, 0.717) is 6.54 Å². The van der Waals surface area contributed by atoms with Crippen molar-refractivity contribution in [2.45, 2.75) is 19.4 Å². The molecule has 2 aromatic rings. The maximum atomic E-state index is 5.82. The number of ether oxygens (including phenoxy) is 1. The molecule has 0 radical (unpaired) electrons. The van der Waals surface area contributed by atoms with Crippen LogP contribution in [0.25, 0.3) is 11.1 Å². The number of hydrogen-bond donors (Lipinski definition) is 1. The fourth-order valence-corrected chi connectivity index (χ4v) is 2.47. The van der Waals surface area contributed by atoms with Crippen molar-refractivity contribution in [1.29, 1.82) is 0 Å². The smallest absolute Gasteiger partial charge is 0.123 e. The number of aryl methyl sites for hydroxylation is 1. The zero-order valence-corrected chi connectivity index (χ0v) is 10.5. The molecule has 1 atom stereocenters. The summed E-state index contributed by atoms with van der Waals surface area (Å²) in [5.74, 6) is 0.989. The second-order valence-corrected chi connectivity index (χ2v) is 4.83. The van der Waals surface area contributed by atoms with Gasteiger partial charge in [0.15, 0.2) is 0 Å². The molecular weight excluding hydrogens is 222 g/mol. The Balaban J connectivity index is 2.05. The van der Waals surface area contributed by atoms with E-state index in [-0.39, 0.29) is 6.10 Å². The molecule has 3 rings (SSSR count). The summed E-state index contributed by atoms with van der Waals surface area (Å²) in [7, 11) is 0. The molecule has 1 heterocycles. The molecule has 2 aromatic carbocycles. The Morgan fingerprint density at radius 3 is 2.67 bits per heavy atom. The van der Waals surface area contributed by atoms with Gasteiger partial charge in [-0.15, -0.1) is 0 Å². The fraction of sp³-hybridized carbons (Fsp3) is 0.250. The van der Waals surface area contributed by atoms with E-state index in [4.69, 9.17) is 10.5 Å². The quantitative estimate of drug-likeness (QED) is 0.874. The molecule has 0 bridgehead atoms. The predicted molar refractivity (Wildman–Crippen MR) is 73.8 cm³/mol. The molecule has 2 N–H and O–H groups in total. The van der Waals surface area contributed by atoms with Crippen LogP contribution in [0.5, 0.6) is 5.75 Å². The van der Waals surface area contributed by atoms with Crippen LogP contribution in [0.3, 0.4) is 0 Å². The van der Waals surface area contributed by atoms with E-state index in [9.17, 15) is 0 Å². The molecule has 2 heteroatoms. The van der Waals surface area contributed by atoms with Crippen LogP contribution in [-0.2, 0) is 6.42 Å². The highest BCUT2D eigenvalue weighted by molar-refractivity contribution is 5.71. The number of benzene rings is 2. The Kier molecular flexibility index (Phi) is 2.80. The number of hydrogen-bond acceptors (Lipinski definition) is 2. The van der Waals surface area contributed by atoms with Crippen LogP contribution < -0.4 is 10.5 Å². The summed E-state index contributed by atoms with van der Waals surface area (Å²) in [5.41, 5.74) is 10.8. The Hall–Kier alpha value is -1.80. The molecule has 0 saturated carbocycles. The zero-order valence-electron chi connectivity index (χ0n) is 10.5. The van der Waals surface area contributed by atoms with E-state index in [2.05, 4.69) is 37.3 Å². The summed E-state index contributed by atoms with van der Waals surface area (Å²) in [6.07, 6.45) is 1.04. The van der Waals surface area contributed by atoms with Gasteiger partial charge in [0.2, 0.25) is 0 Å². The lowest BCUT2D eigenvalue weighted by molar-refractivity contribution is 0.241. The number of rotatable bonds is 2. The van der Waals surface area contributed by atoms with Crippen LogP contribution in [0.15, 0.2) is 42.5 Å². The van der Waals surface area contributed by atoms with Gasteiger partial charge >= 0.3 is 0 Å². The first-order valence-corrected chi connectivity index (χ1v) is 6.33. The summed E-state index contributed by atoms with van der Waals surface area (Å²) in [4.78, 5) is 0. The minimum absolute atomic E-state index is 0.131. The number of fused-ring (bicyclic) bond motifs is 1. The van der Waals surface area contributed by atoms with Crippen molar-refractivity contribution in [2.24, 2.45) is 5.73 Å². The molecule has 1 aliphatic rings. The first-order chi connectivity index (χ1) is 8.78. The van der Waals surface area contributed by atoms with Gasteiger partial charge in [0.05, 0.1) is 0 Å². The van der Waals surface area contributed by atoms with Crippen molar-refractivity contribution in [2.75, 3.05) is 6.54 Å². The van der Waals surface area contributed by atoms with Crippen LogP contribution in [0, 0.1) is 6.92 Å². The fourth-order valence-electron chi connectivity index (χ4n) is 2.47. The van der Waals surface area contributed by atoms with E-state index in [1.54, 1.807) is 0 Å². The molecule has 0 amide bonds. The Labute approximate surface area is 107 Å². The molecule has 92 valence electrons. The first-order valence-electron chi connectivity index (χ1n) is 6.33. The summed E-state index contributed by atoms with van der Waals surface area (Å²) in [6, 6.07) is 14.9. The van der Waals surface area contributed by atoms with Gasteiger partial charge in [-0.1, -0.05) is 42.0 Å². The van der Waals surface area contributed by atoms with Crippen LogP contribution in [-0.4, -0.2) is 12.6 Å². The van der Waals surface area contributed by atoms with E-state index in [0.717, 1.165) is 12.2 Å². The largest absolute Gasteiger partial charge is 0.488 e. The molecule has 0 spiro atoms. The van der Waals surface area contributed by atoms with E-state index in [1.165, 1.54) is 22.3 Å². The van der Waals surface area contributed by atoms with E-state index < -0.39 is 0 Å². The monoisotopic (exact) mass is 239 g/mol. The van der Waals surface area contributed by atoms with Crippen molar-refractivity contribution in [3.05, 3.63) is 53.6 Å². The Bertz CT molecular complexity index is 560. The van der Waals surface area contributed by atoms with Gasteiger partial charge < -0.3 is 10.5 Å². The molecule has 1 aliphatic heterocycles. The van der Waals surface area contributed by atoms with Gasteiger partial charge in [0.25, 0.3) is 0 Å². The van der Waals surface area contributed by atoms with Gasteiger partial charge in [0, 0.05) is 18.5 Å². The second-order valence-electron chi connectivity index (χ2n) is 4.83. The molecular formula is C16H17NO. The van der Waals surface area contributed by atoms with Gasteiger partial charge in [-0.25, -0.2) is 0 Å². The van der Waals surface area contributed by atoms with Crippen molar-refractivity contribution < 1.29 is 4.74 Å². The average Bonchev–Trinajstić information content (AvgIpc) is 2.82. The molecule has 0 aliphatic carbocycles. The van der Waals surface area contributed by atoms with Crippen molar-refractivity contribution in [3.8, 4) is 16.9 Å². The predicted octanol–water partition coefficient (Wildman–Crippen LogP) is 2.92. The minimum Gasteiger partial charge on any atom is -0.488 e. The normalized spacial score (nSPS) is 17.3. The van der Waals surface area contributed by atoms with Crippen LogP contribution in [0.2, 0.25) is 0 Å². The van der Waals surface area contributed by atoms with Crippen molar-refractivity contribution in [1.82, 2.24) is 0 Å². The molecule has 18 heavy (non-hydrogen) atoms. The molecule has 0 fully saturated rings. The lowest BCUT2D eigenvalue weighted by Crippen LogP contribution is -2.24. The highest BCUT2D eigenvalue weighted by atomic mass is 16.5. The minimum atomic E-state index is 0.131. The van der Waals surface area contributed by atoms with Crippen LogP contribution in [0.4, 0.5) is 0 Å². The summed E-state index contributed by atoms with van der Waals surface area (Å²) >= 11 is 0. The third-order valence-corrected chi connectivity index (χ3v) is 3.48. The molecule has 0 aromatic heterocycles. The third kappa shape index (κ3) is 1.89. The van der Waals surface area contributed by atoms with Gasteiger partial charge in [-0.05, 0) is 24.1 Å². The zero-order chi connectivity index (χ0) is 12.5. The summed E-state index contributed by atoms with van der Waals surface area (Å²) in [6.45, 7) is 2.68. The first kappa shape index (κ1) is 11.3. The Morgan fingerprint density at radius 1 is 1.17 bits per heavy atom. The highest BCUT2D eigenvalue weighted by Gasteiger charge is 2.24. The van der Waals surface area contributed by atoms with Gasteiger partial charge in [-0.2, -0.15) is 0 Å². The van der Waals surface area contributed by atoms with Gasteiger partial charge in [0.1, 0.15) is 11.9 Å². The maximum absolute atomic E-state index is 5.82. The Morgan fingerprint density at radius 2 is 1.94 bits per heavy atom. The average molecular weight is 239 g/mol. The van der Waals surface area contributed by atoms with E-state index in [1.807, 2.05) is 12.1 Å². The van der Waals surface area contributed by atoms with E-state index >= 15 is 0 Å². The van der Waals surface area contributed by atoms with Crippen LogP contribution >= 0.6 is 0 Å². The summed E-state index contributed by atoms with van der Waals surface area (Å²) < 4.78 is 5.82. The lowest BCUT2D eigenvalue weighted by atomic mass is 9.96. The molecule has 2 nitrogen and oxygen atoms in total. The van der Waals surface area contributed by atoms with Crippen molar-refractivity contribution in [3.63, 3.8) is 0 Å². The second kappa shape index (κ2) is 4.46. The SMILES string of the molecule is Cc1ccc(-c2cccc3c2C[C@H](CN)O3)cc1. The number of nitrogens with two attached hydrogens (primary N) is 1. The van der Waals surface area contributed by atoms with Crippen molar-refractivity contribution >= 4 is 0 Å². The molecule has 0 unspecified atom stereocenters. The highest BCUT2D eigenvalue weighted by Crippen LogP contribution is 2.36. The summed E-state index contributed by atoms with van der Waals surface area (Å²) in [5, 5.41) is 0. The standard InChI is InChI=1S/C16H17NO/c1-11-5-7-12(8-6-11)14-3-2-4-16-15(14)9-13(10-17)18-16/h2-8,13H,9-10,17H2,1H3/t13-/m1/s1. The third-order valence-electron chi connectivity index (χ3n) is 3.48. The molecule has 0 saturated heterocycles. The maximum Gasteiger partial charge on any atom is 0.123 e. The van der Waals surface area contributed by atoms with Crippen LogP contribution in [0.1, 0.15) is 11.1 Å². The topological polar surface area (TPSA) is 35.2 Å². The van der Waals surface area contributed by atoms with Gasteiger partial charge in [-0.3, -0.25) is 0 Å². The lowest BCUT2D eigenvalue weighted by Gasteiger charge is -2.07.